The number of hydrogen-bond acceptors (Lipinski definition) is 7. The molecular formula is C22H18BrN3O6. The lowest BCUT2D eigenvalue weighted by atomic mass is 10.2. The van der Waals surface area contributed by atoms with Gasteiger partial charge in [-0.15, -0.1) is 0 Å². The molecule has 164 valence electrons. The summed E-state index contributed by atoms with van der Waals surface area (Å²) < 4.78 is 11.8. The predicted molar refractivity (Wildman–Crippen MR) is 121 cm³/mol. The number of nitrogens with zero attached hydrogens (tertiary/aromatic N) is 2. The Morgan fingerprint density at radius 2 is 1.94 bits per heavy atom. The Bertz CT molecular complexity index is 1160. The maximum Gasteiger partial charge on any atom is 0.275 e. The average Bonchev–Trinajstić information content (AvgIpc) is 2.78. The van der Waals surface area contributed by atoms with E-state index in [-0.39, 0.29) is 23.6 Å². The lowest BCUT2D eigenvalue weighted by Gasteiger charge is -2.13. The molecule has 3 aromatic carbocycles. The van der Waals surface area contributed by atoms with E-state index in [4.69, 9.17) is 9.47 Å². The predicted octanol–water partition coefficient (Wildman–Crippen LogP) is 4.41. The maximum absolute atomic E-state index is 12.1. The van der Waals surface area contributed by atoms with E-state index in [0.717, 1.165) is 5.56 Å². The topological polar surface area (TPSA) is 123 Å². The number of benzene rings is 3. The number of aromatic hydroxyl groups is 1. The summed E-state index contributed by atoms with van der Waals surface area (Å²) in [6, 6.07) is 15.6. The summed E-state index contributed by atoms with van der Waals surface area (Å²) in [6.45, 7) is 0.178. The smallest absolute Gasteiger partial charge is 0.275 e. The van der Waals surface area contributed by atoms with E-state index in [1.807, 2.05) is 0 Å². The number of phenols is 1. The summed E-state index contributed by atoms with van der Waals surface area (Å²) in [4.78, 5) is 22.4. The highest BCUT2D eigenvalue weighted by Gasteiger charge is 2.13. The van der Waals surface area contributed by atoms with Gasteiger partial charge in [-0.2, -0.15) is 5.10 Å². The first-order valence-corrected chi connectivity index (χ1v) is 10.0. The van der Waals surface area contributed by atoms with Crippen molar-refractivity contribution in [2.45, 2.75) is 6.61 Å². The summed E-state index contributed by atoms with van der Waals surface area (Å²) >= 11 is 3.43. The van der Waals surface area contributed by atoms with Crippen LogP contribution in [0.2, 0.25) is 0 Å². The molecule has 3 aromatic rings. The summed E-state index contributed by atoms with van der Waals surface area (Å²) in [6.07, 6.45) is 1.42. The molecule has 0 aromatic heterocycles. The van der Waals surface area contributed by atoms with Crippen LogP contribution in [-0.2, 0) is 6.61 Å². The number of amides is 1. The molecule has 0 aliphatic rings. The number of carbonyl (C=O) groups excluding carboxylic acids is 1. The Balaban J connectivity index is 1.69. The molecule has 0 atom stereocenters. The summed E-state index contributed by atoms with van der Waals surface area (Å²) in [5.74, 6) is 0.184. The highest BCUT2D eigenvalue weighted by atomic mass is 79.9. The van der Waals surface area contributed by atoms with E-state index in [1.54, 1.807) is 36.4 Å². The van der Waals surface area contributed by atoms with Crippen LogP contribution in [0.3, 0.4) is 0 Å². The summed E-state index contributed by atoms with van der Waals surface area (Å²) in [7, 11) is 1.49. The number of carbonyl (C=O) groups is 1. The molecule has 32 heavy (non-hydrogen) atoms. The number of non-ortho nitro benzene ring substituents is 1. The van der Waals surface area contributed by atoms with Gasteiger partial charge in [0.1, 0.15) is 12.4 Å². The van der Waals surface area contributed by atoms with Crippen molar-refractivity contribution < 1.29 is 24.3 Å². The van der Waals surface area contributed by atoms with Gasteiger partial charge in [0, 0.05) is 12.1 Å². The average molecular weight is 500 g/mol. The summed E-state index contributed by atoms with van der Waals surface area (Å²) in [5, 5.41) is 24.4. The maximum atomic E-state index is 12.1. The van der Waals surface area contributed by atoms with Gasteiger partial charge >= 0.3 is 0 Å². The first-order valence-electron chi connectivity index (χ1n) is 9.24. The van der Waals surface area contributed by atoms with Gasteiger partial charge in [0.25, 0.3) is 11.6 Å². The van der Waals surface area contributed by atoms with Crippen LogP contribution in [0, 0.1) is 10.1 Å². The van der Waals surface area contributed by atoms with Crippen molar-refractivity contribution in [3.05, 3.63) is 91.9 Å². The monoisotopic (exact) mass is 499 g/mol. The zero-order chi connectivity index (χ0) is 23.1. The number of rotatable bonds is 8. The number of nitrogens with one attached hydrogen (secondary N) is 1. The molecule has 2 N–H and O–H groups in total. The van der Waals surface area contributed by atoms with Crippen LogP contribution in [0.1, 0.15) is 21.5 Å². The van der Waals surface area contributed by atoms with E-state index >= 15 is 0 Å². The normalized spacial score (nSPS) is 10.7. The molecular weight excluding hydrogens is 482 g/mol. The largest absolute Gasteiger partial charge is 0.507 e. The van der Waals surface area contributed by atoms with Crippen molar-refractivity contribution in [2.75, 3.05) is 7.11 Å². The molecule has 0 saturated carbocycles. The molecule has 0 bridgehead atoms. The van der Waals surface area contributed by atoms with E-state index in [2.05, 4.69) is 26.5 Å². The second-order valence-corrected chi connectivity index (χ2v) is 7.32. The minimum atomic E-state index is -0.548. The zero-order valence-corrected chi connectivity index (χ0v) is 18.4. The molecule has 0 radical (unpaired) electrons. The van der Waals surface area contributed by atoms with Gasteiger partial charge in [-0.25, -0.2) is 5.43 Å². The lowest BCUT2D eigenvalue weighted by molar-refractivity contribution is -0.384. The molecule has 1 amide bonds. The second kappa shape index (κ2) is 10.4. The van der Waals surface area contributed by atoms with Gasteiger partial charge in [0.2, 0.25) is 0 Å². The summed E-state index contributed by atoms with van der Waals surface area (Å²) in [5.41, 5.74) is 3.84. The highest BCUT2D eigenvalue weighted by molar-refractivity contribution is 9.10. The highest BCUT2D eigenvalue weighted by Crippen LogP contribution is 2.37. The van der Waals surface area contributed by atoms with Crippen molar-refractivity contribution in [2.24, 2.45) is 5.10 Å². The van der Waals surface area contributed by atoms with E-state index in [0.29, 0.717) is 21.5 Å². The number of nitro benzene ring substituents is 1. The van der Waals surface area contributed by atoms with Crippen LogP contribution >= 0.6 is 15.9 Å². The molecule has 0 aliphatic carbocycles. The Kier molecular flexibility index (Phi) is 7.40. The van der Waals surface area contributed by atoms with Gasteiger partial charge in [0.05, 0.1) is 28.3 Å². The van der Waals surface area contributed by atoms with Gasteiger partial charge < -0.3 is 14.6 Å². The van der Waals surface area contributed by atoms with E-state index in [1.165, 1.54) is 37.6 Å². The molecule has 0 spiro atoms. The number of ether oxygens (including phenoxy) is 2. The van der Waals surface area contributed by atoms with Crippen LogP contribution in [0.25, 0.3) is 0 Å². The van der Waals surface area contributed by atoms with Gasteiger partial charge in [-0.05, 0) is 63.5 Å². The third-order valence-corrected chi connectivity index (χ3v) is 4.90. The van der Waals surface area contributed by atoms with Crippen LogP contribution < -0.4 is 14.9 Å². The van der Waals surface area contributed by atoms with Crippen molar-refractivity contribution in [3.63, 3.8) is 0 Å². The molecule has 3 rings (SSSR count). The minimum Gasteiger partial charge on any atom is -0.507 e. The third kappa shape index (κ3) is 5.61. The number of methoxy groups -OCH3 is 1. The first kappa shape index (κ1) is 22.8. The van der Waals surface area contributed by atoms with Crippen molar-refractivity contribution in [3.8, 4) is 17.2 Å². The third-order valence-electron chi connectivity index (χ3n) is 4.31. The molecule has 0 unspecified atom stereocenters. The number of para-hydroxylation sites is 1. The molecule has 9 nitrogen and oxygen atoms in total. The number of phenolic OH excluding ortho intramolecular Hbond substituents is 1. The minimum absolute atomic E-state index is 0.00530. The molecule has 0 saturated heterocycles. The Hall–Kier alpha value is -3.92. The van der Waals surface area contributed by atoms with Crippen LogP contribution in [0.4, 0.5) is 5.69 Å². The van der Waals surface area contributed by atoms with E-state index < -0.39 is 10.8 Å². The lowest BCUT2D eigenvalue weighted by Crippen LogP contribution is -2.17. The van der Waals surface area contributed by atoms with Crippen LogP contribution in [-0.4, -0.2) is 29.3 Å². The Morgan fingerprint density at radius 3 is 2.59 bits per heavy atom. The SMILES string of the molecule is COc1cc(C=NNC(=O)c2ccccc2O)cc(Br)c1OCc1ccc([N+](=O)[O-])cc1. The van der Waals surface area contributed by atoms with Crippen molar-refractivity contribution in [1.82, 2.24) is 5.43 Å². The van der Waals surface area contributed by atoms with Crippen LogP contribution in [0.5, 0.6) is 17.2 Å². The molecule has 0 aliphatic heterocycles. The molecule has 10 heteroatoms. The fraction of sp³-hybridized carbons (Fsp3) is 0.0909. The van der Waals surface area contributed by atoms with Gasteiger partial charge in [-0.1, -0.05) is 12.1 Å². The zero-order valence-electron chi connectivity index (χ0n) is 16.8. The second-order valence-electron chi connectivity index (χ2n) is 6.46. The number of halogens is 1. The standard InChI is InChI=1S/C22H18BrN3O6/c1-31-20-11-15(12-24-25-22(28)17-4-2-3-5-19(17)27)10-18(23)21(20)32-13-14-6-8-16(9-7-14)26(29)30/h2-12,27H,13H2,1H3,(H,25,28). The number of hydrogen-bond donors (Lipinski definition) is 2. The first-order chi connectivity index (χ1) is 15.4. The molecule has 0 fully saturated rings. The number of nitro groups is 1. The quantitative estimate of drug-likeness (QED) is 0.268. The van der Waals surface area contributed by atoms with Crippen LogP contribution in [0.15, 0.2) is 70.2 Å². The van der Waals surface area contributed by atoms with Gasteiger partial charge in [-0.3, -0.25) is 14.9 Å². The Morgan fingerprint density at radius 1 is 1.22 bits per heavy atom. The molecule has 0 heterocycles. The van der Waals surface area contributed by atoms with E-state index in [9.17, 15) is 20.0 Å². The van der Waals surface area contributed by atoms with Crippen molar-refractivity contribution in [1.29, 1.82) is 0 Å². The van der Waals surface area contributed by atoms with Crippen molar-refractivity contribution >= 4 is 33.7 Å². The van der Waals surface area contributed by atoms with Gasteiger partial charge in [0.15, 0.2) is 11.5 Å². The fourth-order valence-electron chi connectivity index (χ4n) is 2.72. The fourth-order valence-corrected chi connectivity index (χ4v) is 3.29. The number of hydrazone groups is 1. The Labute approximate surface area is 191 Å².